The summed E-state index contributed by atoms with van der Waals surface area (Å²) in [7, 11) is -3.99. The molecule has 5 rings (SSSR count). The molecule has 0 spiro atoms. The Morgan fingerprint density at radius 1 is 0.861 bits per heavy atom. The Balaban J connectivity index is 1.71. The van der Waals surface area contributed by atoms with Crippen LogP contribution in [0.15, 0.2) is 119 Å². The van der Waals surface area contributed by atoms with Gasteiger partial charge in [-0.2, -0.15) is 23.2 Å². The average molecular weight is 492 g/mol. The van der Waals surface area contributed by atoms with Crippen LogP contribution in [-0.2, 0) is 22.0 Å². The van der Waals surface area contributed by atoms with Crippen molar-refractivity contribution in [1.29, 1.82) is 5.26 Å². The number of rotatable bonds is 6. The van der Waals surface area contributed by atoms with E-state index in [1.54, 1.807) is 36.4 Å². The second kappa shape index (κ2) is 9.44. The van der Waals surface area contributed by atoms with Crippen molar-refractivity contribution < 1.29 is 8.42 Å². The summed E-state index contributed by atoms with van der Waals surface area (Å²) in [4.78, 5) is 0.200. The first kappa shape index (κ1) is 23.5. The number of aryl methyl sites for hydroxylation is 1. The molecule has 1 aliphatic heterocycles. The molecule has 178 valence electrons. The number of nitriles is 1. The second-order valence-corrected chi connectivity index (χ2v) is 10.8. The molecule has 0 saturated heterocycles. The normalized spacial score (nSPS) is 17.4. The predicted molar refractivity (Wildman–Crippen MR) is 141 cm³/mol. The maximum atomic E-state index is 14.2. The number of hydrogen-bond donors (Lipinski definition) is 0. The van der Waals surface area contributed by atoms with Crippen molar-refractivity contribution in [3.05, 3.63) is 137 Å². The molecule has 1 atom stereocenters. The molecule has 6 heteroatoms. The molecule has 0 radical (unpaired) electrons. The van der Waals surface area contributed by atoms with Gasteiger partial charge in [-0.1, -0.05) is 90.5 Å². The van der Waals surface area contributed by atoms with E-state index in [9.17, 15) is 13.7 Å². The van der Waals surface area contributed by atoms with Crippen LogP contribution in [0, 0.1) is 18.3 Å². The van der Waals surface area contributed by atoms with Gasteiger partial charge in [-0.15, -0.1) is 0 Å². The zero-order chi connectivity index (χ0) is 25.2. The van der Waals surface area contributed by atoms with Crippen LogP contribution in [0.5, 0.6) is 0 Å². The van der Waals surface area contributed by atoms with Crippen LogP contribution in [0.4, 0.5) is 0 Å². The summed E-state index contributed by atoms with van der Waals surface area (Å²) >= 11 is 0. The largest absolute Gasteiger partial charge is 0.279 e. The molecule has 4 aromatic carbocycles. The van der Waals surface area contributed by atoms with Gasteiger partial charge in [0.15, 0.2) is 0 Å². The molecule has 0 N–H and O–H groups in total. The van der Waals surface area contributed by atoms with Crippen molar-refractivity contribution >= 4 is 15.7 Å². The van der Waals surface area contributed by atoms with E-state index in [-0.39, 0.29) is 4.90 Å². The molecule has 0 amide bonds. The Labute approximate surface area is 212 Å². The summed E-state index contributed by atoms with van der Waals surface area (Å²) in [6.07, 6.45) is 0.805. The van der Waals surface area contributed by atoms with E-state index in [0.29, 0.717) is 24.1 Å². The highest BCUT2D eigenvalue weighted by molar-refractivity contribution is 7.89. The van der Waals surface area contributed by atoms with Gasteiger partial charge in [0.2, 0.25) is 0 Å². The van der Waals surface area contributed by atoms with Gasteiger partial charge in [-0.25, -0.2) is 0 Å². The average Bonchev–Trinajstić information content (AvgIpc) is 3.32. The summed E-state index contributed by atoms with van der Waals surface area (Å²) in [5.74, 6) is 0. The summed E-state index contributed by atoms with van der Waals surface area (Å²) in [5.41, 5.74) is 3.94. The lowest BCUT2D eigenvalue weighted by atomic mass is 9.80. The van der Waals surface area contributed by atoms with Crippen LogP contribution >= 0.6 is 0 Å². The first-order chi connectivity index (χ1) is 17.4. The molecule has 36 heavy (non-hydrogen) atoms. The SMILES string of the molecule is Cc1ccc(S(=O)(=O)N2N=C(c3ccccc3)CC2(Cc2ccc(C#N)cc2)c2ccccc2)cc1. The topological polar surface area (TPSA) is 73.5 Å². The molecule has 1 aliphatic rings. The molecule has 0 bridgehead atoms. The molecule has 0 saturated carbocycles. The lowest BCUT2D eigenvalue weighted by molar-refractivity contribution is 0.221. The molecule has 0 aromatic heterocycles. The molecule has 5 nitrogen and oxygen atoms in total. The van der Waals surface area contributed by atoms with Crippen LogP contribution in [-0.4, -0.2) is 18.5 Å². The monoisotopic (exact) mass is 491 g/mol. The molecule has 1 heterocycles. The van der Waals surface area contributed by atoms with Crippen molar-refractivity contribution in [2.24, 2.45) is 5.10 Å². The Morgan fingerprint density at radius 3 is 2.08 bits per heavy atom. The van der Waals surface area contributed by atoms with Gasteiger partial charge < -0.3 is 0 Å². The van der Waals surface area contributed by atoms with Gasteiger partial charge >= 0.3 is 0 Å². The molecule has 1 unspecified atom stereocenters. The third-order valence-electron chi connectivity index (χ3n) is 6.58. The van der Waals surface area contributed by atoms with E-state index >= 15 is 0 Å². The van der Waals surface area contributed by atoms with Gasteiger partial charge in [0.1, 0.15) is 5.54 Å². The van der Waals surface area contributed by atoms with E-state index in [2.05, 4.69) is 6.07 Å². The van der Waals surface area contributed by atoms with E-state index in [4.69, 9.17) is 5.10 Å². The number of hydrazone groups is 1. The van der Waals surface area contributed by atoms with Gasteiger partial charge in [0.05, 0.1) is 22.2 Å². The van der Waals surface area contributed by atoms with Gasteiger partial charge in [0, 0.05) is 12.8 Å². The fourth-order valence-corrected chi connectivity index (χ4v) is 6.28. The highest BCUT2D eigenvalue weighted by Crippen LogP contribution is 2.45. The molecular weight excluding hydrogens is 466 g/mol. The fraction of sp³-hybridized carbons (Fsp3) is 0.133. The van der Waals surface area contributed by atoms with Crippen molar-refractivity contribution in [2.75, 3.05) is 0 Å². The lowest BCUT2D eigenvalue weighted by Gasteiger charge is -2.37. The van der Waals surface area contributed by atoms with E-state index < -0.39 is 15.6 Å². The standard InChI is InChI=1S/C30H25N3O2S/c1-23-12-18-28(19-13-23)36(34,35)33-30(27-10-6-3-7-11-27,20-24-14-16-25(22-31)17-15-24)21-29(32-33)26-8-4-2-5-9-26/h2-19H,20-21H2,1H3. The maximum absolute atomic E-state index is 14.2. The zero-order valence-electron chi connectivity index (χ0n) is 19.9. The second-order valence-electron chi connectivity index (χ2n) is 9.03. The number of sulfonamides is 1. The van der Waals surface area contributed by atoms with Crippen LogP contribution < -0.4 is 0 Å². The molecule has 0 fully saturated rings. The molecular formula is C30H25N3O2S. The summed E-state index contributed by atoms with van der Waals surface area (Å²) in [6, 6.07) is 35.7. The Morgan fingerprint density at radius 2 is 1.47 bits per heavy atom. The third-order valence-corrected chi connectivity index (χ3v) is 8.34. The third kappa shape index (κ3) is 4.30. The zero-order valence-corrected chi connectivity index (χ0v) is 20.7. The fourth-order valence-electron chi connectivity index (χ4n) is 4.70. The van der Waals surface area contributed by atoms with Crippen molar-refractivity contribution in [1.82, 2.24) is 4.41 Å². The summed E-state index contributed by atoms with van der Waals surface area (Å²) in [5, 5.41) is 14.0. The highest BCUT2D eigenvalue weighted by atomic mass is 32.2. The maximum Gasteiger partial charge on any atom is 0.279 e. The number of benzene rings is 4. The van der Waals surface area contributed by atoms with Gasteiger partial charge in [-0.05, 0) is 47.9 Å². The van der Waals surface area contributed by atoms with Crippen LogP contribution in [0.3, 0.4) is 0 Å². The minimum absolute atomic E-state index is 0.200. The smallest absolute Gasteiger partial charge is 0.200 e. The van der Waals surface area contributed by atoms with Crippen LogP contribution in [0.25, 0.3) is 0 Å². The summed E-state index contributed by atoms with van der Waals surface area (Å²) < 4.78 is 29.7. The predicted octanol–water partition coefficient (Wildman–Crippen LogP) is 5.80. The van der Waals surface area contributed by atoms with E-state index in [1.165, 1.54) is 4.41 Å². The van der Waals surface area contributed by atoms with E-state index in [1.807, 2.05) is 79.7 Å². The van der Waals surface area contributed by atoms with Crippen molar-refractivity contribution in [3.8, 4) is 6.07 Å². The minimum Gasteiger partial charge on any atom is -0.200 e. The number of nitrogens with zero attached hydrogens (tertiary/aromatic N) is 3. The quantitative estimate of drug-likeness (QED) is 0.342. The Bertz CT molecular complexity index is 1540. The Hall–Kier alpha value is -4.21. The van der Waals surface area contributed by atoms with Crippen LogP contribution in [0.2, 0.25) is 0 Å². The van der Waals surface area contributed by atoms with Crippen molar-refractivity contribution in [3.63, 3.8) is 0 Å². The molecule has 0 aliphatic carbocycles. The highest BCUT2D eigenvalue weighted by Gasteiger charge is 2.50. The van der Waals surface area contributed by atoms with Gasteiger partial charge in [0.25, 0.3) is 10.0 Å². The minimum atomic E-state index is -3.99. The molecule has 4 aromatic rings. The van der Waals surface area contributed by atoms with Gasteiger partial charge in [-0.3, -0.25) is 0 Å². The lowest BCUT2D eigenvalue weighted by Crippen LogP contribution is -2.45. The van der Waals surface area contributed by atoms with Crippen molar-refractivity contribution in [2.45, 2.75) is 30.2 Å². The number of hydrogen-bond acceptors (Lipinski definition) is 4. The van der Waals surface area contributed by atoms with Crippen LogP contribution in [0.1, 0.15) is 34.2 Å². The Kier molecular flexibility index (Phi) is 6.17. The first-order valence-corrected chi connectivity index (χ1v) is 13.2. The summed E-state index contributed by atoms with van der Waals surface area (Å²) in [6.45, 7) is 1.93. The first-order valence-electron chi connectivity index (χ1n) is 11.7. The van der Waals surface area contributed by atoms with E-state index in [0.717, 1.165) is 22.3 Å².